The SMILES string of the molecule is COC(=O)c1ccc2c(c1CSC)OC(F)(F)O2. The zero-order valence-electron chi connectivity index (χ0n) is 9.66. The van der Waals surface area contributed by atoms with E-state index in [-0.39, 0.29) is 17.1 Å². The predicted molar refractivity (Wildman–Crippen MR) is 61.2 cm³/mol. The van der Waals surface area contributed by atoms with E-state index in [9.17, 15) is 13.6 Å². The number of esters is 1. The van der Waals surface area contributed by atoms with E-state index in [4.69, 9.17) is 0 Å². The zero-order chi connectivity index (χ0) is 13.3. The molecule has 0 radical (unpaired) electrons. The maximum Gasteiger partial charge on any atom is 0.586 e. The number of benzene rings is 1. The van der Waals surface area contributed by atoms with Gasteiger partial charge in [0.05, 0.1) is 12.7 Å². The Hall–Kier alpha value is -1.50. The summed E-state index contributed by atoms with van der Waals surface area (Å²) in [6.07, 6.45) is -1.90. The standard InChI is InChI=1S/C11H10F2O4S/c1-15-10(14)6-3-4-8-9(7(6)5-18-2)17-11(12,13)16-8/h3-4H,5H2,1-2H3. The minimum absolute atomic E-state index is 0.0725. The molecule has 0 saturated carbocycles. The number of hydrogen-bond acceptors (Lipinski definition) is 5. The van der Waals surface area contributed by atoms with Crippen LogP contribution in [0.2, 0.25) is 0 Å². The minimum atomic E-state index is -3.69. The highest BCUT2D eigenvalue weighted by Crippen LogP contribution is 2.45. The third-order valence-electron chi connectivity index (χ3n) is 2.37. The molecule has 0 atom stereocenters. The summed E-state index contributed by atoms with van der Waals surface area (Å²) >= 11 is 1.37. The summed E-state index contributed by atoms with van der Waals surface area (Å²) in [6.45, 7) is 0. The third kappa shape index (κ3) is 2.22. The highest BCUT2D eigenvalue weighted by atomic mass is 32.2. The molecule has 0 N–H and O–H groups in total. The van der Waals surface area contributed by atoms with Crippen LogP contribution in [0, 0.1) is 0 Å². The number of rotatable bonds is 3. The first-order valence-electron chi connectivity index (χ1n) is 4.97. The van der Waals surface area contributed by atoms with Crippen LogP contribution in [0.4, 0.5) is 8.78 Å². The maximum absolute atomic E-state index is 13.0. The van der Waals surface area contributed by atoms with Gasteiger partial charge in [0.2, 0.25) is 0 Å². The first-order chi connectivity index (χ1) is 8.48. The number of carbonyl (C=O) groups is 1. The van der Waals surface area contributed by atoms with Crippen molar-refractivity contribution in [2.45, 2.75) is 12.0 Å². The number of ether oxygens (including phenoxy) is 3. The van der Waals surface area contributed by atoms with E-state index in [1.165, 1.54) is 31.0 Å². The summed E-state index contributed by atoms with van der Waals surface area (Å²) in [5, 5.41) is 0. The smallest absolute Gasteiger partial charge is 0.465 e. The summed E-state index contributed by atoms with van der Waals surface area (Å²) in [5.74, 6) is -0.429. The lowest BCUT2D eigenvalue weighted by Gasteiger charge is -2.09. The van der Waals surface area contributed by atoms with E-state index >= 15 is 0 Å². The van der Waals surface area contributed by atoms with Crippen LogP contribution in [-0.4, -0.2) is 25.6 Å². The Morgan fingerprint density at radius 3 is 2.78 bits per heavy atom. The number of alkyl halides is 2. The van der Waals surface area contributed by atoms with E-state index in [1.54, 1.807) is 6.26 Å². The fourth-order valence-corrected chi connectivity index (χ4v) is 2.23. The molecule has 4 nitrogen and oxygen atoms in total. The summed E-state index contributed by atoms with van der Waals surface area (Å²) in [5.41, 5.74) is 0.552. The molecule has 0 saturated heterocycles. The van der Waals surface area contributed by atoms with E-state index in [0.717, 1.165) is 0 Å². The van der Waals surface area contributed by atoms with E-state index in [1.807, 2.05) is 0 Å². The molecule has 18 heavy (non-hydrogen) atoms. The molecule has 0 aliphatic carbocycles. The highest BCUT2D eigenvalue weighted by molar-refractivity contribution is 7.97. The molecule has 0 unspecified atom stereocenters. The van der Waals surface area contributed by atoms with Gasteiger partial charge in [0.25, 0.3) is 0 Å². The maximum atomic E-state index is 13.0. The van der Waals surface area contributed by atoms with Crippen molar-refractivity contribution in [1.82, 2.24) is 0 Å². The molecular weight excluding hydrogens is 266 g/mol. The Morgan fingerprint density at radius 2 is 2.17 bits per heavy atom. The van der Waals surface area contributed by atoms with Crippen LogP contribution in [0.15, 0.2) is 12.1 Å². The van der Waals surface area contributed by atoms with Gasteiger partial charge in [0.15, 0.2) is 11.5 Å². The van der Waals surface area contributed by atoms with Crippen LogP contribution in [0.3, 0.4) is 0 Å². The Kier molecular flexibility index (Phi) is 3.34. The van der Waals surface area contributed by atoms with Gasteiger partial charge in [-0.15, -0.1) is 8.78 Å². The quantitative estimate of drug-likeness (QED) is 0.794. The Morgan fingerprint density at radius 1 is 1.44 bits per heavy atom. The van der Waals surface area contributed by atoms with Crippen LogP contribution in [0.25, 0.3) is 0 Å². The number of hydrogen-bond donors (Lipinski definition) is 0. The number of carbonyl (C=O) groups excluding carboxylic acids is 1. The number of methoxy groups -OCH3 is 1. The van der Waals surface area contributed by atoms with Crippen molar-refractivity contribution in [3.8, 4) is 11.5 Å². The van der Waals surface area contributed by atoms with E-state index < -0.39 is 12.3 Å². The minimum Gasteiger partial charge on any atom is -0.465 e. The van der Waals surface area contributed by atoms with Crippen molar-refractivity contribution >= 4 is 17.7 Å². The third-order valence-corrected chi connectivity index (χ3v) is 2.95. The second-order valence-electron chi connectivity index (χ2n) is 3.51. The topological polar surface area (TPSA) is 44.8 Å². The first kappa shape index (κ1) is 12.9. The van der Waals surface area contributed by atoms with Crippen molar-refractivity contribution in [2.75, 3.05) is 13.4 Å². The van der Waals surface area contributed by atoms with Crippen molar-refractivity contribution in [2.24, 2.45) is 0 Å². The van der Waals surface area contributed by atoms with Gasteiger partial charge in [0, 0.05) is 11.3 Å². The van der Waals surface area contributed by atoms with Crippen molar-refractivity contribution < 1.29 is 27.8 Å². The predicted octanol–water partition coefficient (Wildman–Crippen LogP) is 2.66. The molecule has 1 aromatic carbocycles. The van der Waals surface area contributed by atoms with Gasteiger partial charge in [-0.2, -0.15) is 11.8 Å². The highest BCUT2D eigenvalue weighted by Gasteiger charge is 2.45. The lowest BCUT2D eigenvalue weighted by atomic mass is 10.1. The van der Waals surface area contributed by atoms with Crippen LogP contribution in [0.1, 0.15) is 15.9 Å². The number of halogens is 2. The first-order valence-corrected chi connectivity index (χ1v) is 6.37. The number of fused-ring (bicyclic) bond motifs is 1. The number of thioether (sulfide) groups is 1. The zero-order valence-corrected chi connectivity index (χ0v) is 10.5. The van der Waals surface area contributed by atoms with E-state index in [2.05, 4.69) is 14.2 Å². The van der Waals surface area contributed by atoms with Crippen molar-refractivity contribution in [3.63, 3.8) is 0 Å². The summed E-state index contributed by atoms with van der Waals surface area (Å²) in [7, 11) is 1.23. The fraction of sp³-hybridized carbons (Fsp3) is 0.364. The molecule has 0 spiro atoms. The van der Waals surface area contributed by atoms with Gasteiger partial charge in [-0.05, 0) is 18.4 Å². The molecule has 0 aromatic heterocycles. The molecular formula is C11H10F2O4S. The molecule has 7 heteroatoms. The second kappa shape index (κ2) is 4.64. The molecule has 1 aromatic rings. The van der Waals surface area contributed by atoms with E-state index in [0.29, 0.717) is 11.3 Å². The average molecular weight is 276 g/mol. The monoisotopic (exact) mass is 276 g/mol. The fourth-order valence-electron chi connectivity index (χ4n) is 1.66. The van der Waals surface area contributed by atoms with Gasteiger partial charge in [-0.3, -0.25) is 0 Å². The summed E-state index contributed by atoms with van der Waals surface area (Å²) < 4.78 is 39.4. The van der Waals surface area contributed by atoms with Crippen molar-refractivity contribution in [3.05, 3.63) is 23.3 Å². The van der Waals surface area contributed by atoms with Crippen LogP contribution in [0.5, 0.6) is 11.5 Å². The largest absolute Gasteiger partial charge is 0.586 e. The Balaban J connectivity index is 2.51. The molecule has 0 bridgehead atoms. The van der Waals surface area contributed by atoms with Crippen LogP contribution >= 0.6 is 11.8 Å². The van der Waals surface area contributed by atoms with Gasteiger partial charge < -0.3 is 14.2 Å². The van der Waals surface area contributed by atoms with Crippen molar-refractivity contribution in [1.29, 1.82) is 0 Å². The molecule has 0 fully saturated rings. The molecule has 98 valence electrons. The van der Waals surface area contributed by atoms with Crippen LogP contribution < -0.4 is 9.47 Å². The Bertz CT molecular complexity index is 490. The Labute approximate surface area is 106 Å². The summed E-state index contributed by atoms with van der Waals surface area (Å²) in [6, 6.07) is 2.66. The van der Waals surface area contributed by atoms with Gasteiger partial charge in [0.1, 0.15) is 0 Å². The molecule has 0 amide bonds. The lowest BCUT2D eigenvalue weighted by Crippen LogP contribution is -2.26. The molecule has 1 aliphatic heterocycles. The lowest BCUT2D eigenvalue weighted by molar-refractivity contribution is -0.286. The van der Waals surface area contributed by atoms with Gasteiger partial charge in [-0.1, -0.05) is 0 Å². The molecule has 2 rings (SSSR count). The normalized spacial score (nSPS) is 15.6. The van der Waals surface area contributed by atoms with Gasteiger partial charge in [-0.25, -0.2) is 4.79 Å². The summed E-state index contributed by atoms with van der Waals surface area (Å²) in [4.78, 5) is 11.6. The molecule has 1 aliphatic rings. The average Bonchev–Trinajstić information content (AvgIpc) is 2.63. The van der Waals surface area contributed by atoms with Crippen LogP contribution in [-0.2, 0) is 10.5 Å². The molecule has 1 heterocycles. The second-order valence-corrected chi connectivity index (χ2v) is 4.38. The van der Waals surface area contributed by atoms with Gasteiger partial charge >= 0.3 is 12.3 Å².